The zero-order valence-corrected chi connectivity index (χ0v) is 26.8. The van der Waals surface area contributed by atoms with Crippen LogP contribution in [0.2, 0.25) is 0 Å². The summed E-state index contributed by atoms with van der Waals surface area (Å²) in [6, 6.07) is 14.8. The first-order chi connectivity index (χ1) is 21.2. The standard InChI is InChI=1S/C32H34FN7O4S/c1-19-24(31(41)35-26-15-21(32(3,4)5)16-27(30(26)44-6)37-45(7,42)43)9-8-10-29(19)39-18-28(36-38-39)25-17-34-40(20(25)2)23-13-11-22(33)12-14-23/h8-18,37H,1-7H3,(H,35,41). The van der Waals surface area contributed by atoms with Crippen LogP contribution in [-0.4, -0.2) is 52.5 Å². The Labute approximate surface area is 261 Å². The van der Waals surface area contributed by atoms with Crippen molar-refractivity contribution in [2.45, 2.75) is 40.0 Å². The highest BCUT2D eigenvalue weighted by Gasteiger charge is 2.23. The Morgan fingerprint density at radius 1 is 1.02 bits per heavy atom. The lowest BCUT2D eigenvalue weighted by molar-refractivity contribution is 0.102. The van der Waals surface area contributed by atoms with Gasteiger partial charge < -0.3 is 10.1 Å². The van der Waals surface area contributed by atoms with Crippen molar-refractivity contribution in [2.24, 2.45) is 0 Å². The first kappa shape index (κ1) is 31.4. The number of carbonyl (C=O) groups excluding carboxylic acids is 1. The number of carbonyl (C=O) groups is 1. The molecular weight excluding hydrogens is 597 g/mol. The summed E-state index contributed by atoms with van der Waals surface area (Å²) in [6.07, 6.45) is 4.48. The average Bonchev–Trinajstić information content (AvgIpc) is 3.59. The van der Waals surface area contributed by atoms with Gasteiger partial charge in [-0.2, -0.15) is 5.10 Å². The smallest absolute Gasteiger partial charge is 0.256 e. The summed E-state index contributed by atoms with van der Waals surface area (Å²) in [4.78, 5) is 13.7. The van der Waals surface area contributed by atoms with E-state index < -0.39 is 15.9 Å². The van der Waals surface area contributed by atoms with Gasteiger partial charge in [-0.3, -0.25) is 9.52 Å². The van der Waals surface area contributed by atoms with Gasteiger partial charge in [-0.25, -0.2) is 22.2 Å². The molecule has 0 aliphatic carbocycles. The Hall–Kier alpha value is -5.04. The van der Waals surface area contributed by atoms with Gasteiger partial charge in [0, 0.05) is 11.1 Å². The second-order valence-electron chi connectivity index (χ2n) is 11.7. The zero-order chi connectivity index (χ0) is 32.7. The molecule has 0 unspecified atom stereocenters. The molecular formula is C32H34FN7O4S. The van der Waals surface area contributed by atoms with Gasteiger partial charge >= 0.3 is 0 Å². The third kappa shape index (κ3) is 6.58. The number of aromatic nitrogens is 5. The van der Waals surface area contributed by atoms with Crippen molar-refractivity contribution in [2.75, 3.05) is 23.4 Å². The molecule has 5 aromatic rings. The van der Waals surface area contributed by atoms with E-state index in [1.54, 1.807) is 58.2 Å². The molecule has 45 heavy (non-hydrogen) atoms. The maximum Gasteiger partial charge on any atom is 0.256 e. The molecule has 0 atom stereocenters. The Morgan fingerprint density at radius 2 is 1.71 bits per heavy atom. The van der Waals surface area contributed by atoms with Crippen molar-refractivity contribution in [3.8, 4) is 28.4 Å². The summed E-state index contributed by atoms with van der Waals surface area (Å²) >= 11 is 0. The van der Waals surface area contributed by atoms with Gasteiger partial charge in [0.25, 0.3) is 5.91 Å². The summed E-state index contributed by atoms with van der Waals surface area (Å²) in [6.45, 7) is 9.66. The highest BCUT2D eigenvalue weighted by Crippen LogP contribution is 2.39. The molecule has 0 fully saturated rings. The van der Waals surface area contributed by atoms with Crippen LogP contribution in [0.15, 0.2) is 67.0 Å². The van der Waals surface area contributed by atoms with E-state index >= 15 is 0 Å². The summed E-state index contributed by atoms with van der Waals surface area (Å²) in [5, 5.41) is 16.0. The number of nitrogens with one attached hydrogen (secondary N) is 2. The van der Waals surface area contributed by atoms with Crippen molar-refractivity contribution in [1.29, 1.82) is 0 Å². The third-order valence-corrected chi connectivity index (χ3v) is 7.94. The first-order valence-corrected chi connectivity index (χ1v) is 15.9. The van der Waals surface area contributed by atoms with E-state index in [9.17, 15) is 17.6 Å². The zero-order valence-electron chi connectivity index (χ0n) is 26.0. The SMILES string of the molecule is COc1c(NC(=O)c2cccc(-n3cc(-c4cnn(-c5ccc(F)cc5)c4C)nn3)c2C)cc(C(C)(C)C)cc1NS(C)(=O)=O. The molecule has 0 spiro atoms. The number of sulfonamides is 1. The van der Waals surface area contributed by atoms with Gasteiger partial charge in [-0.1, -0.05) is 32.1 Å². The highest BCUT2D eigenvalue weighted by atomic mass is 32.2. The molecule has 13 heteroatoms. The fourth-order valence-electron chi connectivity index (χ4n) is 4.97. The molecule has 3 aromatic carbocycles. The number of rotatable bonds is 8. The van der Waals surface area contributed by atoms with Crippen LogP contribution in [0, 0.1) is 19.7 Å². The van der Waals surface area contributed by atoms with Crippen LogP contribution in [0.25, 0.3) is 22.6 Å². The van der Waals surface area contributed by atoms with Gasteiger partial charge in [0.05, 0.1) is 54.2 Å². The Balaban J connectivity index is 1.47. The Morgan fingerprint density at radius 3 is 2.36 bits per heavy atom. The van der Waals surface area contributed by atoms with E-state index in [1.807, 2.05) is 40.7 Å². The summed E-state index contributed by atoms with van der Waals surface area (Å²) in [7, 11) is -2.21. The minimum Gasteiger partial charge on any atom is -0.492 e. The quantitative estimate of drug-likeness (QED) is 0.221. The number of anilines is 2. The molecule has 234 valence electrons. The largest absolute Gasteiger partial charge is 0.492 e. The fraction of sp³-hybridized carbons (Fsp3) is 0.250. The number of hydrogen-bond acceptors (Lipinski definition) is 7. The summed E-state index contributed by atoms with van der Waals surface area (Å²) in [5.41, 5.74) is 5.49. The van der Waals surface area contributed by atoms with Crippen molar-refractivity contribution >= 4 is 27.3 Å². The van der Waals surface area contributed by atoms with E-state index in [4.69, 9.17) is 4.74 Å². The topological polar surface area (TPSA) is 133 Å². The Bertz CT molecular complexity index is 2010. The second kappa shape index (κ2) is 11.8. The molecule has 5 rings (SSSR count). The van der Waals surface area contributed by atoms with Crippen molar-refractivity contribution in [1.82, 2.24) is 24.8 Å². The van der Waals surface area contributed by atoms with Crippen molar-refractivity contribution in [3.05, 3.63) is 95.2 Å². The fourth-order valence-corrected chi connectivity index (χ4v) is 5.52. The predicted octanol–water partition coefficient (Wildman–Crippen LogP) is 5.81. The van der Waals surface area contributed by atoms with Gasteiger partial charge in [-0.05, 0) is 78.9 Å². The van der Waals surface area contributed by atoms with Crippen molar-refractivity contribution in [3.63, 3.8) is 0 Å². The molecule has 1 amide bonds. The van der Waals surface area contributed by atoms with E-state index in [0.29, 0.717) is 33.9 Å². The minimum absolute atomic E-state index is 0.188. The minimum atomic E-state index is -3.63. The first-order valence-electron chi connectivity index (χ1n) is 14.0. The van der Waals surface area contributed by atoms with Crippen molar-refractivity contribution < 1.29 is 22.3 Å². The molecule has 0 aliphatic heterocycles. The van der Waals surface area contributed by atoms with E-state index in [0.717, 1.165) is 23.1 Å². The Kier molecular flexibility index (Phi) is 8.23. The number of ether oxygens (including phenoxy) is 1. The van der Waals surface area contributed by atoms with Crippen LogP contribution in [0.5, 0.6) is 5.75 Å². The molecule has 2 N–H and O–H groups in total. The van der Waals surface area contributed by atoms with Gasteiger partial charge in [-0.15, -0.1) is 5.10 Å². The number of amides is 1. The lowest BCUT2D eigenvalue weighted by atomic mass is 9.86. The van der Waals surface area contributed by atoms with E-state index in [-0.39, 0.29) is 22.7 Å². The average molecular weight is 632 g/mol. The summed E-state index contributed by atoms with van der Waals surface area (Å²) < 4.78 is 49.0. The molecule has 2 aromatic heterocycles. The maximum absolute atomic E-state index is 13.7. The van der Waals surface area contributed by atoms with Gasteiger partial charge in [0.2, 0.25) is 10.0 Å². The molecule has 0 saturated carbocycles. The van der Waals surface area contributed by atoms with Crippen LogP contribution < -0.4 is 14.8 Å². The predicted molar refractivity (Wildman–Crippen MR) is 171 cm³/mol. The van der Waals surface area contributed by atoms with E-state index in [2.05, 4.69) is 25.4 Å². The number of benzene rings is 3. The number of halogens is 1. The summed E-state index contributed by atoms with van der Waals surface area (Å²) in [5.74, 6) is -0.557. The molecule has 0 aliphatic rings. The molecule has 2 heterocycles. The monoisotopic (exact) mass is 631 g/mol. The van der Waals surface area contributed by atoms with Crippen LogP contribution in [-0.2, 0) is 15.4 Å². The number of methoxy groups -OCH3 is 1. The normalized spacial score (nSPS) is 11.8. The number of nitrogens with zero attached hydrogens (tertiary/aromatic N) is 5. The van der Waals surface area contributed by atoms with Crippen LogP contribution in [0.1, 0.15) is 48.0 Å². The molecule has 0 radical (unpaired) electrons. The maximum atomic E-state index is 13.7. The van der Waals surface area contributed by atoms with Crippen LogP contribution in [0.3, 0.4) is 0 Å². The lowest BCUT2D eigenvalue weighted by Gasteiger charge is -2.24. The van der Waals surface area contributed by atoms with Gasteiger partial charge in [0.1, 0.15) is 11.5 Å². The molecule has 0 saturated heterocycles. The molecule has 11 nitrogen and oxygen atoms in total. The van der Waals surface area contributed by atoms with Crippen LogP contribution in [0.4, 0.5) is 15.8 Å². The molecule has 0 bridgehead atoms. The van der Waals surface area contributed by atoms with E-state index in [1.165, 1.54) is 19.2 Å². The second-order valence-corrected chi connectivity index (χ2v) is 13.5. The van der Waals surface area contributed by atoms with Gasteiger partial charge in [0.15, 0.2) is 5.75 Å². The number of hydrogen-bond donors (Lipinski definition) is 2. The van der Waals surface area contributed by atoms with Crippen LogP contribution >= 0.6 is 0 Å². The highest BCUT2D eigenvalue weighted by molar-refractivity contribution is 7.92. The lowest BCUT2D eigenvalue weighted by Crippen LogP contribution is -2.19. The third-order valence-electron chi connectivity index (χ3n) is 7.35.